The van der Waals surface area contributed by atoms with Crippen molar-refractivity contribution in [2.24, 2.45) is 0 Å². The Morgan fingerprint density at radius 1 is 1.00 bits per heavy atom. The van der Waals surface area contributed by atoms with E-state index in [9.17, 15) is 12.8 Å². The Morgan fingerprint density at radius 3 is 2.36 bits per heavy atom. The van der Waals surface area contributed by atoms with E-state index in [4.69, 9.17) is 0 Å². The first-order valence-corrected chi connectivity index (χ1v) is 9.06. The van der Waals surface area contributed by atoms with Crippen LogP contribution in [0.4, 0.5) is 4.39 Å². The first-order valence-electron chi connectivity index (χ1n) is 6.53. The van der Waals surface area contributed by atoms with Crippen molar-refractivity contribution in [2.45, 2.75) is 10.1 Å². The number of aromatic nitrogens is 1. The van der Waals surface area contributed by atoms with Crippen LogP contribution in [-0.2, 0) is 15.6 Å². The Hall–Kier alpha value is -2.05. The van der Waals surface area contributed by atoms with Crippen molar-refractivity contribution in [2.75, 3.05) is 0 Å². The Morgan fingerprint density at radius 2 is 1.68 bits per heavy atom. The van der Waals surface area contributed by atoms with Gasteiger partial charge in [0.1, 0.15) is 5.82 Å². The highest BCUT2D eigenvalue weighted by Gasteiger charge is 2.20. The fraction of sp³-hybridized carbons (Fsp3) is 0.0625. The van der Waals surface area contributed by atoms with Crippen molar-refractivity contribution in [1.82, 2.24) is 4.98 Å². The SMILES string of the molecule is O=S(=O)(Cc1ccccc1)c1nc(-c2ccc(F)cc2)cs1. The fourth-order valence-corrected chi connectivity index (χ4v) is 4.46. The standard InChI is InChI=1S/C16H12FNO2S2/c17-14-8-6-13(7-9-14)15-10-21-16(18-15)22(19,20)11-12-4-2-1-3-5-12/h1-10H,11H2. The van der Waals surface area contributed by atoms with E-state index in [-0.39, 0.29) is 15.9 Å². The van der Waals surface area contributed by atoms with Gasteiger partial charge in [-0.1, -0.05) is 30.3 Å². The van der Waals surface area contributed by atoms with Crippen LogP contribution < -0.4 is 0 Å². The van der Waals surface area contributed by atoms with Gasteiger partial charge >= 0.3 is 0 Å². The normalized spacial score (nSPS) is 11.5. The summed E-state index contributed by atoms with van der Waals surface area (Å²) < 4.78 is 37.8. The van der Waals surface area contributed by atoms with E-state index in [1.807, 2.05) is 6.07 Å². The summed E-state index contributed by atoms with van der Waals surface area (Å²) in [4.78, 5) is 4.19. The number of benzene rings is 2. The molecule has 0 atom stereocenters. The molecule has 0 saturated heterocycles. The molecule has 112 valence electrons. The Labute approximate surface area is 132 Å². The second-order valence-corrected chi connectivity index (χ2v) is 7.77. The third-order valence-corrected chi connectivity index (χ3v) is 6.11. The first kappa shape index (κ1) is 14.9. The first-order chi connectivity index (χ1) is 10.5. The maximum absolute atomic E-state index is 12.9. The van der Waals surface area contributed by atoms with Gasteiger partial charge in [-0.3, -0.25) is 0 Å². The molecule has 0 aliphatic rings. The van der Waals surface area contributed by atoms with E-state index in [1.165, 1.54) is 12.1 Å². The minimum atomic E-state index is -3.48. The predicted octanol–water partition coefficient (Wildman–Crippen LogP) is 3.92. The van der Waals surface area contributed by atoms with Gasteiger partial charge in [-0.2, -0.15) is 0 Å². The summed E-state index contributed by atoms with van der Waals surface area (Å²) in [7, 11) is -3.48. The zero-order chi connectivity index (χ0) is 15.6. The van der Waals surface area contributed by atoms with Crippen LogP contribution in [0, 0.1) is 5.82 Å². The number of halogens is 1. The topological polar surface area (TPSA) is 47.0 Å². The van der Waals surface area contributed by atoms with Crippen molar-refractivity contribution in [1.29, 1.82) is 0 Å². The van der Waals surface area contributed by atoms with E-state index in [0.29, 0.717) is 11.3 Å². The summed E-state index contributed by atoms with van der Waals surface area (Å²) >= 11 is 1.08. The van der Waals surface area contributed by atoms with Crippen LogP contribution in [0.25, 0.3) is 11.3 Å². The zero-order valence-electron chi connectivity index (χ0n) is 11.4. The molecular weight excluding hydrogens is 321 g/mol. The molecule has 0 aliphatic heterocycles. The number of hydrogen-bond acceptors (Lipinski definition) is 4. The molecule has 3 nitrogen and oxygen atoms in total. The van der Waals surface area contributed by atoms with Crippen molar-refractivity contribution in [3.05, 3.63) is 71.4 Å². The van der Waals surface area contributed by atoms with Gasteiger partial charge in [-0.25, -0.2) is 17.8 Å². The highest BCUT2D eigenvalue weighted by Crippen LogP contribution is 2.26. The Bertz CT molecular complexity index is 872. The maximum Gasteiger partial charge on any atom is 0.210 e. The van der Waals surface area contributed by atoms with Gasteiger partial charge in [0, 0.05) is 10.9 Å². The van der Waals surface area contributed by atoms with Crippen LogP contribution >= 0.6 is 11.3 Å². The molecule has 6 heteroatoms. The van der Waals surface area contributed by atoms with Gasteiger partial charge in [-0.15, -0.1) is 11.3 Å². The summed E-state index contributed by atoms with van der Waals surface area (Å²) in [6.07, 6.45) is 0. The van der Waals surface area contributed by atoms with Crippen LogP contribution in [0.2, 0.25) is 0 Å². The molecule has 0 radical (unpaired) electrons. The van der Waals surface area contributed by atoms with E-state index in [2.05, 4.69) is 4.98 Å². The smallest absolute Gasteiger partial charge is 0.210 e. The number of nitrogens with zero attached hydrogens (tertiary/aromatic N) is 1. The molecule has 2 aromatic carbocycles. The number of thiazole rings is 1. The lowest BCUT2D eigenvalue weighted by Gasteiger charge is -2.01. The van der Waals surface area contributed by atoms with Crippen LogP contribution in [0.5, 0.6) is 0 Å². The van der Waals surface area contributed by atoms with Gasteiger partial charge < -0.3 is 0 Å². The fourth-order valence-electron chi connectivity index (χ4n) is 2.01. The van der Waals surface area contributed by atoms with Gasteiger partial charge in [0.2, 0.25) is 14.2 Å². The molecule has 0 bridgehead atoms. The predicted molar refractivity (Wildman–Crippen MR) is 84.8 cm³/mol. The molecule has 22 heavy (non-hydrogen) atoms. The van der Waals surface area contributed by atoms with E-state index in [0.717, 1.165) is 16.9 Å². The van der Waals surface area contributed by atoms with Gasteiger partial charge in [0.05, 0.1) is 11.4 Å². The summed E-state index contributed by atoms with van der Waals surface area (Å²) in [5, 5.41) is 1.67. The zero-order valence-corrected chi connectivity index (χ0v) is 13.1. The highest BCUT2D eigenvalue weighted by molar-refractivity contribution is 7.92. The molecule has 0 spiro atoms. The third-order valence-electron chi connectivity index (χ3n) is 3.09. The van der Waals surface area contributed by atoms with Crippen LogP contribution in [-0.4, -0.2) is 13.4 Å². The van der Waals surface area contributed by atoms with Gasteiger partial charge in [0.15, 0.2) is 0 Å². The monoisotopic (exact) mass is 333 g/mol. The average molecular weight is 333 g/mol. The molecule has 0 aliphatic carbocycles. The molecule has 3 aromatic rings. The minimum absolute atomic E-state index is 0.0792. The molecule has 3 rings (SSSR count). The van der Waals surface area contributed by atoms with E-state index >= 15 is 0 Å². The van der Waals surface area contributed by atoms with Crippen LogP contribution in [0.15, 0.2) is 64.3 Å². The summed E-state index contributed by atoms with van der Waals surface area (Å²) in [5.41, 5.74) is 1.96. The summed E-state index contributed by atoms with van der Waals surface area (Å²) in [6.45, 7) is 0. The molecule has 0 amide bonds. The number of rotatable bonds is 4. The van der Waals surface area contributed by atoms with Crippen molar-refractivity contribution in [3.8, 4) is 11.3 Å². The largest absolute Gasteiger partial charge is 0.225 e. The van der Waals surface area contributed by atoms with E-state index < -0.39 is 9.84 Å². The Balaban J connectivity index is 1.88. The summed E-state index contributed by atoms with van der Waals surface area (Å²) in [6, 6.07) is 14.8. The second-order valence-electron chi connectivity index (χ2n) is 4.75. The third kappa shape index (κ3) is 3.23. The van der Waals surface area contributed by atoms with Crippen LogP contribution in [0.3, 0.4) is 0 Å². The molecule has 0 N–H and O–H groups in total. The molecular formula is C16H12FNO2S2. The number of hydrogen-bond donors (Lipinski definition) is 0. The molecule has 0 unspecified atom stereocenters. The lowest BCUT2D eigenvalue weighted by atomic mass is 10.2. The maximum atomic E-state index is 12.9. The van der Waals surface area contributed by atoms with Gasteiger partial charge in [-0.05, 0) is 29.8 Å². The van der Waals surface area contributed by atoms with Crippen molar-refractivity contribution in [3.63, 3.8) is 0 Å². The summed E-state index contributed by atoms with van der Waals surface area (Å²) in [5.74, 6) is -0.416. The van der Waals surface area contributed by atoms with E-state index in [1.54, 1.807) is 41.8 Å². The minimum Gasteiger partial charge on any atom is -0.225 e. The number of sulfone groups is 1. The average Bonchev–Trinajstić information content (AvgIpc) is 2.99. The second kappa shape index (κ2) is 5.98. The lowest BCUT2D eigenvalue weighted by molar-refractivity contribution is 0.594. The van der Waals surface area contributed by atoms with Crippen molar-refractivity contribution >= 4 is 21.2 Å². The van der Waals surface area contributed by atoms with Crippen LogP contribution in [0.1, 0.15) is 5.56 Å². The molecule has 1 aromatic heterocycles. The molecule has 0 saturated carbocycles. The van der Waals surface area contributed by atoms with Crippen molar-refractivity contribution < 1.29 is 12.8 Å². The van der Waals surface area contributed by atoms with Gasteiger partial charge in [0.25, 0.3) is 0 Å². The Kier molecular flexibility index (Phi) is 4.04. The molecule has 0 fully saturated rings. The highest BCUT2D eigenvalue weighted by atomic mass is 32.2. The lowest BCUT2D eigenvalue weighted by Crippen LogP contribution is -2.04. The quantitative estimate of drug-likeness (QED) is 0.727. The molecule has 1 heterocycles.